The second kappa shape index (κ2) is 6.18. The fourth-order valence-electron chi connectivity index (χ4n) is 2.77. The van der Waals surface area contributed by atoms with Crippen LogP contribution in [0.3, 0.4) is 0 Å². The molecule has 2 aromatic carbocycles. The van der Waals surface area contributed by atoms with E-state index in [1.807, 2.05) is 23.6 Å². The fourth-order valence-corrected chi connectivity index (χ4v) is 3.47. The van der Waals surface area contributed by atoms with Gasteiger partial charge in [0, 0.05) is 28.1 Å². The lowest BCUT2D eigenvalue weighted by molar-refractivity contribution is 0.171. The normalized spacial score (nSPS) is 12.2. The van der Waals surface area contributed by atoms with Gasteiger partial charge >= 0.3 is 0 Å². The van der Waals surface area contributed by atoms with E-state index >= 15 is 0 Å². The number of nitrogens with zero attached hydrogens (tertiary/aromatic N) is 1. The van der Waals surface area contributed by atoms with Gasteiger partial charge in [-0.05, 0) is 35.8 Å². The Balaban J connectivity index is 1.83. The van der Waals surface area contributed by atoms with Crippen molar-refractivity contribution in [2.75, 3.05) is 21.0 Å². The molecule has 1 aliphatic heterocycles. The maximum atomic E-state index is 10.3. The first kappa shape index (κ1) is 15.6. The molecule has 0 aliphatic carbocycles. The summed E-state index contributed by atoms with van der Waals surface area (Å²) in [7, 11) is 3.14. The van der Waals surface area contributed by atoms with Crippen LogP contribution in [0, 0.1) is 0 Å². The molecule has 0 bridgehead atoms. The number of hydrogen-bond acceptors (Lipinski definition) is 7. The summed E-state index contributed by atoms with van der Waals surface area (Å²) in [5, 5.41) is 12.2. The van der Waals surface area contributed by atoms with Crippen LogP contribution in [-0.4, -0.2) is 30.5 Å². The Morgan fingerprint density at radius 2 is 1.96 bits per heavy atom. The average molecular weight is 357 g/mol. The number of ether oxygens (including phenoxy) is 4. The summed E-state index contributed by atoms with van der Waals surface area (Å²) in [5.41, 5.74) is 3.07. The molecule has 1 aromatic heterocycles. The van der Waals surface area contributed by atoms with Crippen molar-refractivity contribution in [1.82, 2.24) is 4.37 Å². The van der Waals surface area contributed by atoms with Crippen LogP contribution in [0.4, 0.5) is 0 Å². The Morgan fingerprint density at radius 1 is 1.08 bits per heavy atom. The van der Waals surface area contributed by atoms with Crippen LogP contribution in [0.2, 0.25) is 0 Å². The smallest absolute Gasteiger partial charge is 0.231 e. The molecular weight excluding hydrogens is 342 g/mol. The zero-order chi connectivity index (χ0) is 17.4. The van der Waals surface area contributed by atoms with Gasteiger partial charge in [-0.1, -0.05) is 0 Å². The number of rotatable bonds is 4. The molecule has 7 heteroatoms. The summed E-state index contributed by atoms with van der Waals surface area (Å²) in [4.78, 5) is 0. The first-order chi connectivity index (χ1) is 12.2. The minimum absolute atomic E-state index is 0.133. The van der Waals surface area contributed by atoms with E-state index in [9.17, 15) is 5.11 Å². The number of benzene rings is 2. The van der Waals surface area contributed by atoms with Gasteiger partial charge in [-0.2, -0.15) is 4.37 Å². The summed E-state index contributed by atoms with van der Waals surface area (Å²) < 4.78 is 26.0. The van der Waals surface area contributed by atoms with Crippen molar-refractivity contribution >= 4 is 11.5 Å². The number of fused-ring (bicyclic) bond motifs is 1. The van der Waals surface area contributed by atoms with Crippen LogP contribution in [0.15, 0.2) is 35.7 Å². The largest absolute Gasteiger partial charge is 0.507 e. The molecule has 4 rings (SSSR count). The van der Waals surface area contributed by atoms with E-state index in [0.29, 0.717) is 28.6 Å². The lowest BCUT2D eigenvalue weighted by atomic mass is 10.0. The van der Waals surface area contributed by atoms with Gasteiger partial charge in [0.15, 0.2) is 11.5 Å². The zero-order valence-electron chi connectivity index (χ0n) is 13.6. The molecule has 0 fully saturated rings. The summed E-state index contributed by atoms with van der Waals surface area (Å²) in [5.74, 6) is 2.52. The second-order valence-electron chi connectivity index (χ2n) is 5.37. The van der Waals surface area contributed by atoms with E-state index in [-0.39, 0.29) is 12.5 Å². The molecule has 0 atom stereocenters. The minimum Gasteiger partial charge on any atom is -0.507 e. The van der Waals surface area contributed by atoms with Crippen molar-refractivity contribution in [3.63, 3.8) is 0 Å². The van der Waals surface area contributed by atoms with Gasteiger partial charge in [0.25, 0.3) is 0 Å². The first-order valence-electron chi connectivity index (χ1n) is 7.51. The molecule has 1 N–H and O–H groups in total. The summed E-state index contributed by atoms with van der Waals surface area (Å²) >= 11 is 1.32. The Kier molecular flexibility index (Phi) is 3.85. The van der Waals surface area contributed by atoms with Crippen molar-refractivity contribution < 1.29 is 24.1 Å². The predicted molar refractivity (Wildman–Crippen MR) is 93.9 cm³/mol. The van der Waals surface area contributed by atoms with E-state index in [4.69, 9.17) is 18.9 Å². The zero-order valence-corrected chi connectivity index (χ0v) is 14.4. The topological polar surface area (TPSA) is 70.0 Å². The van der Waals surface area contributed by atoms with Crippen LogP contribution in [0.25, 0.3) is 22.4 Å². The Bertz CT molecular complexity index is 937. The van der Waals surface area contributed by atoms with Crippen LogP contribution in [0.5, 0.6) is 28.7 Å². The van der Waals surface area contributed by atoms with Gasteiger partial charge in [0.1, 0.15) is 11.5 Å². The molecule has 0 spiro atoms. The summed E-state index contributed by atoms with van der Waals surface area (Å²) in [6.07, 6.45) is 0. The van der Waals surface area contributed by atoms with Gasteiger partial charge in [-0.3, -0.25) is 0 Å². The van der Waals surface area contributed by atoms with Crippen LogP contribution < -0.4 is 18.9 Å². The highest BCUT2D eigenvalue weighted by Crippen LogP contribution is 2.46. The molecule has 3 aromatic rings. The van der Waals surface area contributed by atoms with Crippen molar-refractivity contribution in [1.29, 1.82) is 0 Å². The quantitative estimate of drug-likeness (QED) is 0.763. The average Bonchev–Trinajstić information content (AvgIpc) is 3.29. The maximum Gasteiger partial charge on any atom is 0.231 e. The molecule has 2 heterocycles. The number of aromatic nitrogens is 1. The number of phenols is 1. The van der Waals surface area contributed by atoms with Crippen LogP contribution in [0.1, 0.15) is 0 Å². The van der Waals surface area contributed by atoms with Crippen molar-refractivity contribution in [3.05, 3.63) is 35.7 Å². The van der Waals surface area contributed by atoms with Crippen LogP contribution in [-0.2, 0) is 0 Å². The molecule has 0 unspecified atom stereocenters. The fraction of sp³-hybridized carbons (Fsp3) is 0.167. The molecule has 0 amide bonds. The molecule has 25 heavy (non-hydrogen) atoms. The predicted octanol–water partition coefficient (Wildman–Crippen LogP) is 3.93. The first-order valence-corrected chi connectivity index (χ1v) is 8.34. The van der Waals surface area contributed by atoms with Gasteiger partial charge < -0.3 is 24.1 Å². The molecule has 128 valence electrons. The van der Waals surface area contributed by atoms with Gasteiger partial charge in [0.2, 0.25) is 12.5 Å². The summed E-state index contributed by atoms with van der Waals surface area (Å²) in [6.45, 7) is 0.165. The molecule has 0 saturated carbocycles. The molecule has 6 nitrogen and oxygen atoms in total. The van der Waals surface area contributed by atoms with E-state index in [1.54, 1.807) is 26.4 Å². The van der Waals surface area contributed by atoms with E-state index < -0.39 is 0 Å². The van der Waals surface area contributed by atoms with Gasteiger partial charge in [0.05, 0.1) is 19.9 Å². The molecule has 0 radical (unpaired) electrons. The molecule has 0 saturated heterocycles. The third-order valence-electron chi connectivity index (χ3n) is 4.00. The number of hydrogen-bond donors (Lipinski definition) is 1. The van der Waals surface area contributed by atoms with Crippen molar-refractivity contribution in [3.8, 4) is 51.1 Å². The van der Waals surface area contributed by atoms with Gasteiger partial charge in [-0.25, -0.2) is 0 Å². The van der Waals surface area contributed by atoms with Crippen LogP contribution >= 0.6 is 11.5 Å². The number of methoxy groups -OCH3 is 2. The second-order valence-corrected chi connectivity index (χ2v) is 6.00. The highest BCUT2D eigenvalue weighted by molar-refractivity contribution is 7.04. The number of phenolic OH excluding ortho intramolecular Hbond substituents is 1. The number of aromatic hydroxyl groups is 1. The third kappa shape index (κ3) is 2.62. The lowest BCUT2D eigenvalue weighted by Crippen LogP contribution is -1.93. The lowest BCUT2D eigenvalue weighted by Gasteiger charge is -2.10. The highest BCUT2D eigenvalue weighted by atomic mass is 32.1. The Hall–Kier alpha value is -2.93. The standard InChI is InChI=1S/C18H15NO5S/c1-21-11-3-4-12(14(20)7-11)13-8-25-19-17(13)10-5-15(22-2)18-16(6-10)23-9-24-18/h3-8,20H,9H2,1-2H3. The van der Waals surface area contributed by atoms with Gasteiger partial charge in [-0.15, -0.1) is 0 Å². The monoisotopic (exact) mass is 357 g/mol. The minimum atomic E-state index is 0.133. The SMILES string of the molecule is COc1ccc(-c2csnc2-c2cc(OC)c3c(c2)OCO3)c(O)c1. The Labute approximate surface area is 148 Å². The van der Waals surface area contributed by atoms with E-state index in [2.05, 4.69) is 4.37 Å². The maximum absolute atomic E-state index is 10.3. The summed E-state index contributed by atoms with van der Waals surface area (Å²) in [6, 6.07) is 8.91. The molecule has 1 aliphatic rings. The van der Waals surface area contributed by atoms with E-state index in [1.165, 1.54) is 11.5 Å². The van der Waals surface area contributed by atoms with E-state index in [0.717, 1.165) is 16.8 Å². The van der Waals surface area contributed by atoms with Crippen molar-refractivity contribution in [2.24, 2.45) is 0 Å². The third-order valence-corrected chi connectivity index (χ3v) is 4.63. The molecular formula is C18H15NO5S. The Morgan fingerprint density at radius 3 is 2.72 bits per heavy atom. The van der Waals surface area contributed by atoms with Crippen molar-refractivity contribution in [2.45, 2.75) is 0 Å². The highest BCUT2D eigenvalue weighted by Gasteiger charge is 2.23.